The van der Waals surface area contributed by atoms with Gasteiger partial charge in [0.25, 0.3) is 0 Å². The van der Waals surface area contributed by atoms with Gasteiger partial charge >= 0.3 is 5.97 Å². The van der Waals surface area contributed by atoms with Crippen LogP contribution >= 0.6 is 0 Å². The molecule has 6 heteroatoms. The maximum Gasteiger partial charge on any atom is 0.352 e. The lowest BCUT2D eigenvalue weighted by Gasteiger charge is -2.33. The average molecular weight is 294 g/mol. The summed E-state index contributed by atoms with van der Waals surface area (Å²) in [7, 11) is 1.63. The largest absolute Gasteiger partial charge is 0.477 e. The minimum atomic E-state index is -0.905. The Labute approximate surface area is 124 Å². The fourth-order valence-electron chi connectivity index (χ4n) is 2.81. The number of methoxy groups -OCH3 is 1. The number of carboxylic acid groups (broad SMARTS) is 1. The molecule has 0 atom stereocenters. The number of aromatic carboxylic acids is 1. The molecule has 1 aliphatic rings. The van der Waals surface area contributed by atoms with Gasteiger partial charge in [0.1, 0.15) is 5.69 Å². The number of likely N-dealkylation sites (tertiary alicyclic amines) is 1. The van der Waals surface area contributed by atoms with E-state index >= 15 is 0 Å². The van der Waals surface area contributed by atoms with Crippen LogP contribution in [0, 0.1) is 0 Å². The van der Waals surface area contributed by atoms with E-state index in [1.54, 1.807) is 19.2 Å². The predicted octanol–water partition coefficient (Wildman–Crippen LogP) is 1.78. The van der Waals surface area contributed by atoms with Gasteiger partial charge in [-0.3, -0.25) is 4.79 Å². The van der Waals surface area contributed by atoms with Crippen molar-refractivity contribution in [3.05, 3.63) is 24.0 Å². The Morgan fingerprint density at radius 2 is 2.10 bits per heavy atom. The molecule has 1 fully saturated rings. The lowest BCUT2D eigenvalue weighted by Crippen LogP contribution is -2.39. The lowest BCUT2D eigenvalue weighted by atomic mass is 10.0. The van der Waals surface area contributed by atoms with Crippen molar-refractivity contribution in [1.29, 1.82) is 0 Å². The molecule has 0 unspecified atom stereocenters. The fraction of sp³-hybridized carbons (Fsp3) is 0.600. The van der Waals surface area contributed by atoms with E-state index in [1.807, 2.05) is 15.7 Å². The minimum absolute atomic E-state index is 0.161. The van der Waals surface area contributed by atoms with Crippen LogP contribution in [0.2, 0.25) is 0 Å². The van der Waals surface area contributed by atoms with E-state index in [0.717, 1.165) is 19.3 Å². The maximum atomic E-state index is 12.0. The van der Waals surface area contributed by atoms with Gasteiger partial charge in [-0.05, 0) is 31.4 Å². The maximum absolute atomic E-state index is 12.0. The molecule has 1 amide bonds. The molecule has 21 heavy (non-hydrogen) atoms. The summed E-state index contributed by atoms with van der Waals surface area (Å²) >= 11 is 0. The van der Waals surface area contributed by atoms with Crippen LogP contribution in [0.5, 0.6) is 0 Å². The van der Waals surface area contributed by atoms with Crippen LogP contribution in [0.25, 0.3) is 0 Å². The summed E-state index contributed by atoms with van der Waals surface area (Å²) in [6, 6.07) is 3.53. The Morgan fingerprint density at radius 3 is 2.71 bits per heavy atom. The summed E-state index contributed by atoms with van der Waals surface area (Å²) < 4.78 is 6.77. The number of hydrogen-bond acceptors (Lipinski definition) is 3. The third kappa shape index (κ3) is 3.85. The molecule has 0 aliphatic carbocycles. The van der Waals surface area contributed by atoms with Crippen molar-refractivity contribution in [2.75, 3.05) is 26.8 Å². The van der Waals surface area contributed by atoms with Gasteiger partial charge < -0.3 is 19.3 Å². The number of ether oxygens (including phenoxy) is 1. The second-order valence-electron chi connectivity index (χ2n) is 5.31. The van der Waals surface area contributed by atoms with Crippen LogP contribution in [0.15, 0.2) is 18.3 Å². The molecule has 1 aromatic rings. The first-order valence-electron chi connectivity index (χ1n) is 7.30. The molecule has 0 aromatic carbocycles. The third-order valence-electron chi connectivity index (χ3n) is 3.95. The first kappa shape index (κ1) is 15.6. The van der Waals surface area contributed by atoms with Crippen LogP contribution in [0.3, 0.4) is 0 Å². The van der Waals surface area contributed by atoms with Gasteiger partial charge in [0.15, 0.2) is 0 Å². The molecule has 1 saturated heterocycles. The fourth-order valence-corrected chi connectivity index (χ4v) is 2.81. The summed E-state index contributed by atoms with van der Waals surface area (Å²) in [5.41, 5.74) is 0.319. The zero-order chi connectivity index (χ0) is 15.2. The monoisotopic (exact) mass is 294 g/mol. The molecule has 1 aromatic heterocycles. The zero-order valence-corrected chi connectivity index (χ0v) is 12.3. The molecule has 0 bridgehead atoms. The van der Waals surface area contributed by atoms with Crippen molar-refractivity contribution in [2.24, 2.45) is 0 Å². The number of carbonyl (C=O) groups is 2. The Hall–Kier alpha value is -1.82. The molecule has 0 radical (unpaired) electrons. The number of piperidine rings is 1. The molecular formula is C15H22N2O4. The first-order chi connectivity index (χ1) is 10.1. The Morgan fingerprint density at radius 1 is 1.38 bits per heavy atom. The Bertz CT molecular complexity index is 490. The highest BCUT2D eigenvalue weighted by molar-refractivity contribution is 5.85. The van der Waals surface area contributed by atoms with E-state index in [0.29, 0.717) is 31.8 Å². The van der Waals surface area contributed by atoms with Crippen LogP contribution in [-0.2, 0) is 9.53 Å². The minimum Gasteiger partial charge on any atom is -0.477 e. The zero-order valence-electron chi connectivity index (χ0n) is 12.3. The summed E-state index contributed by atoms with van der Waals surface area (Å²) in [6.45, 7) is 1.98. The molecule has 6 nitrogen and oxygen atoms in total. The summed E-state index contributed by atoms with van der Waals surface area (Å²) in [4.78, 5) is 25.0. The van der Waals surface area contributed by atoms with Crippen LogP contribution in [0.4, 0.5) is 0 Å². The van der Waals surface area contributed by atoms with Crippen molar-refractivity contribution in [2.45, 2.75) is 31.7 Å². The number of hydrogen-bond donors (Lipinski definition) is 1. The third-order valence-corrected chi connectivity index (χ3v) is 3.95. The molecule has 1 aliphatic heterocycles. The van der Waals surface area contributed by atoms with E-state index in [2.05, 4.69) is 0 Å². The van der Waals surface area contributed by atoms with Gasteiger partial charge in [-0.1, -0.05) is 0 Å². The Balaban J connectivity index is 1.87. The van der Waals surface area contributed by atoms with Crippen LogP contribution < -0.4 is 0 Å². The van der Waals surface area contributed by atoms with Crippen molar-refractivity contribution in [1.82, 2.24) is 9.47 Å². The number of aromatic nitrogens is 1. The first-order valence-corrected chi connectivity index (χ1v) is 7.30. The van der Waals surface area contributed by atoms with E-state index < -0.39 is 5.97 Å². The molecular weight excluding hydrogens is 272 g/mol. The van der Waals surface area contributed by atoms with E-state index in [-0.39, 0.29) is 11.9 Å². The molecule has 2 rings (SSSR count). The molecule has 0 spiro atoms. The number of nitrogens with zero attached hydrogens (tertiary/aromatic N) is 2. The normalized spacial score (nSPS) is 16.1. The van der Waals surface area contributed by atoms with E-state index in [9.17, 15) is 9.59 Å². The number of carboxylic acids is 1. The number of amides is 1. The van der Waals surface area contributed by atoms with Gasteiger partial charge in [-0.15, -0.1) is 0 Å². The van der Waals surface area contributed by atoms with E-state index in [1.165, 1.54) is 0 Å². The highest BCUT2D eigenvalue weighted by Gasteiger charge is 2.25. The SMILES string of the molecule is COCCCC(=O)N1CCC(n2cccc2C(=O)O)CC1. The van der Waals surface area contributed by atoms with Gasteiger partial charge in [0.2, 0.25) is 5.91 Å². The van der Waals surface area contributed by atoms with Gasteiger partial charge in [0, 0.05) is 45.5 Å². The lowest BCUT2D eigenvalue weighted by molar-refractivity contribution is -0.132. The molecule has 116 valence electrons. The quantitative estimate of drug-likeness (QED) is 0.812. The predicted molar refractivity (Wildman–Crippen MR) is 77.4 cm³/mol. The smallest absolute Gasteiger partial charge is 0.352 e. The number of carbonyl (C=O) groups excluding carboxylic acids is 1. The summed E-state index contributed by atoms with van der Waals surface area (Å²) in [5.74, 6) is -0.741. The van der Waals surface area contributed by atoms with Crippen LogP contribution in [-0.4, -0.2) is 53.3 Å². The topological polar surface area (TPSA) is 71.8 Å². The van der Waals surface area contributed by atoms with Crippen molar-refractivity contribution < 1.29 is 19.4 Å². The molecule has 2 heterocycles. The second kappa shape index (κ2) is 7.26. The highest BCUT2D eigenvalue weighted by atomic mass is 16.5. The average Bonchev–Trinajstić information content (AvgIpc) is 2.97. The van der Waals surface area contributed by atoms with E-state index in [4.69, 9.17) is 9.84 Å². The summed E-state index contributed by atoms with van der Waals surface area (Å²) in [6.07, 6.45) is 4.67. The Kier molecular flexibility index (Phi) is 5.38. The van der Waals surface area contributed by atoms with Crippen molar-refractivity contribution >= 4 is 11.9 Å². The highest BCUT2D eigenvalue weighted by Crippen LogP contribution is 2.25. The number of rotatable bonds is 6. The van der Waals surface area contributed by atoms with Crippen molar-refractivity contribution in [3.63, 3.8) is 0 Å². The van der Waals surface area contributed by atoms with Crippen LogP contribution in [0.1, 0.15) is 42.2 Å². The standard InChI is InChI=1S/C15H22N2O4/c1-21-11-3-5-14(18)16-9-6-12(7-10-16)17-8-2-4-13(17)15(19)20/h2,4,8,12H,3,5-7,9-11H2,1H3,(H,19,20). The summed E-state index contributed by atoms with van der Waals surface area (Å²) in [5, 5.41) is 9.15. The van der Waals surface area contributed by atoms with Gasteiger partial charge in [-0.2, -0.15) is 0 Å². The second-order valence-corrected chi connectivity index (χ2v) is 5.31. The van der Waals surface area contributed by atoms with Crippen molar-refractivity contribution in [3.8, 4) is 0 Å². The molecule has 1 N–H and O–H groups in total. The van der Waals surface area contributed by atoms with Gasteiger partial charge in [-0.25, -0.2) is 4.79 Å². The molecule has 0 saturated carbocycles. The van der Waals surface area contributed by atoms with Gasteiger partial charge in [0.05, 0.1) is 0 Å².